The molecule has 2 aromatic heterocycles. The van der Waals surface area contributed by atoms with Crippen LogP contribution in [0.25, 0.3) is 11.0 Å². The van der Waals surface area contributed by atoms with E-state index in [0.29, 0.717) is 0 Å². The van der Waals surface area contributed by atoms with E-state index in [0.717, 1.165) is 33.4 Å². The molecule has 0 saturated heterocycles. The molecule has 0 aliphatic heterocycles. The first-order valence-electron chi connectivity index (χ1n) is 9.79. The number of hydrogen-bond donors (Lipinski definition) is 0. The number of fused-ring (bicyclic) bond motifs is 1. The molecule has 0 spiro atoms. The monoisotopic (exact) mass is 375 g/mol. The zero-order valence-electron chi connectivity index (χ0n) is 16.2. The van der Waals surface area contributed by atoms with Gasteiger partial charge in [0, 0.05) is 6.20 Å². The molecule has 0 radical (unpaired) electrons. The highest BCUT2D eigenvalue weighted by atomic mass is 15.3. The van der Waals surface area contributed by atoms with Crippen molar-refractivity contribution in [3.8, 4) is 0 Å². The summed E-state index contributed by atoms with van der Waals surface area (Å²) in [5.41, 5.74) is 5.73. The Balaban J connectivity index is 1.99. The number of benzene rings is 3. The molecule has 5 rings (SSSR count). The summed E-state index contributed by atoms with van der Waals surface area (Å²) in [6, 6.07) is 35.9. The average molecular weight is 375 g/mol. The molecule has 2 heterocycles. The average Bonchev–Trinajstić information content (AvgIpc) is 3.14. The van der Waals surface area contributed by atoms with Crippen LogP contribution in [0.2, 0.25) is 0 Å². The molecule has 0 N–H and O–H groups in total. The summed E-state index contributed by atoms with van der Waals surface area (Å²) in [5.74, 6) is 0. The van der Waals surface area contributed by atoms with Crippen LogP contribution in [0.1, 0.15) is 22.4 Å². The van der Waals surface area contributed by atoms with Crippen molar-refractivity contribution in [3.05, 3.63) is 132 Å². The van der Waals surface area contributed by atoms with Crippen LogP contribution in [0.4, 0.5) is 0 Å². The maximum Gasteiger partial charge on any atom is 0.138 e. The van der Waals surface area contributed by atoms with Crippen LogP contribution >= 0.6 is 0 Å². The lowest BCUT2D eigenvalue weighted by atomic mass is 9.77. The summed E-state index contributed by atoms with van der Waals surface area (Å²) in [5, 5.41) is 5.05. The van der Waals surface area contributed by atoms with Crippen molar-refractivity contribution in [2.24, 2.45) is 0 Å². The molecular weight excluding hydrogens is 354 g/mol. The van der Waals surface area contributed by atoms with Crippen LogP contribution < -0.4 is 0 Å². The van der Waals surface area contributed by atoms with E-state index in [-0.39, 0.29) is 0 Å². The Kier molecular flexibility index (Phi) is 4.21. The Hall–Kier alpha value is -3.72. The van der Waals surface area contributed by atoms with E-state index >= 15 is 0 Å². The third-order valence-corrected chi connectivity index (χ3v) is 5.50. The summed E-state index contributed by atoms with van der Waals surface area (Å²) >= 11 is 0. The van der Waals surface area contributed by atoms with Gasteiger partial charge in [-0.05, 0) is 35.7 Å². The molecule has 29 heavy (non-hydrogen) atoms. The highest BCUT2D eigenvalue weighted by molar-refractivity contribution is 5.78. The lowest BCUT2D eigenvalue weighted by Crippen LogP contribution is -2.38. The topological polar surface area (TPSA) is 30.7 Å². The Bertz CT molecular complexity index is 1150. The van der Waals surface area contributed by atoms with Crippen molar-refractivity contribution in [2.75, 3.05) is 0 Å². The van der Waals surface area contributed by atoms with Crippen LogP contribution in [0.15, 0.2) is 109 Å². The summed E-state index contributed by atoms with van der Waals surface area (Å²) < 4.78 is 2.14. The number of pyridine rings is 1. The van der Waals surface area contributed by atoms with Gasteiger partial charge in [0.2, 0.25) is 0 Å². The Labute approximate surface area is 170 Å². The second-order valence-electron chi connectivity index (χ2n) is 7.18. The lowest BCUT2D eigenvalue weighted by molar-refractivity contribution is 0.473. The van der Waals surface area contributed by atoms with Gasteiger partial charge < -0.3 is 0 Å². The SMILES string of the molecule is Cc1nn(C(c2ccccc2)(c2ccccc2)c2ccccc2)c2cccnc12. The van der Waals surface area contributed by atoms with Gasteiger partial charge >= 0.3 is 0 Å². The van der Waals surface area contributed by atoms with Gasteiger partial charge in [-0.15, -0.1) is 0 Å². The van der Waals surface area contributed by atoms with E-state index in [4.69, 9.17) is 5.10 Å². The number of aryl methyl sites for hydroxylation is 1. The van der Waals surface area contributed by atoms with Crippen LogP contribution in [0.5, 0.6) is 0 Å². The highest BCUT2D eigenvalue weighted by Crippen LogP contribution is 2.42. The van der Waals surface area contributed by atoms with Crippen molar-refractivity contribution >= 4 is 11.0 Å². The van der Waals surface area contributed by atoms with Gasteiger partial charge in [0.05, 0.1) is 11.2 Å². The third kappa shape index (κ3) is 2.66. The number of rotatable bonds is 4. The quantitative estimate of drug-likeness (QED) is 0.384. The third-order valence-electron chi connectivity index (χ3n) is 5.50. The Morgan fingerprint density at radius 2 is 1.10 bits per heavy atom. The van der Waals surface area contributed by atoms with E-state index in [2.05, 4.69) is 107 Å². The van der Waals surface area contributed by atoms with E-state index in [9.17, 15) is 0 Å². The minimum atomic E-state index is -0.612. The first kappa shape index (κ1) is 17.4. The first-order valence-corrected chi connectivity index (χ1v) is 9.79. The van der Waals surface area contributed by atoms with Gasteiger partial charge in [0.1, 0.15) is 11.1 Å². The summed E-state index contributed by atoms with van der Waals surface area (Å²) in [7, 11) is 0. The molecular formula is C26H21N3. The van der Waals surface area contributed by atoms with Crippen molar-refractivity contribution in [2.45, 2.75) is 12.5 Å². The molecule has 3 aromatic carbocycles. The van der Waals surface area contributed by atoms with Gasteiger partial charge in [0.15, 0.2) is 0 Å². The fourth-order valence-corrected chi connectivity index (χ4v) is 4.26. The molecule has 0 fully saturated rings. The van der Waals surface area contributed by atoms with Crippen LogP contribution in [-0.4, -0.2) is 14.8 Å². The van der Waals surface area contributed by atoms with E-state index in [1.165, 1.54) is 0 Å². The number of hydrogen-bond acceptors (Lipinski definition) is 2. The van der Waals surface area contributed by atoms with Crippen LogP contribution in [-0.2, 0) is 5.54 Å². The molecule has 0 bridgehead atoms. The maximum absolute atomic E-state index is 5.05. The van der Waals surface area contributed by atoms with Gasteiger partial charge in [0.25, 0.3) is 0 Å². The standard InChI is InChI=1S/C26H21N3/c1-20-25-24(18-11-19-27-25)29(28-20)26(21-12-5-2-6-13-21,22-14-7-3-8-15-22)23-16-9-4-10-17-23/h2-19H,1H3. The van der Waals surface area contributed by atoms with E-state index in [1.807, 2.05) is 19.2 Å². The minimum Gasteiger partial charge on any atom is -0.253 e. The molecule has 5 aromatic rings. The molecule has 140 valence electrons. The second-order valence-corrected chi connectivity index (χ2v) is 7.18. The van der Waals surface area contributed by atoms with Gasteiger partial charge in [-0.3, -0.25) is 4.98 Å². The molecule has 3 heteroatoms. The fraction of sp³-hybridized carbons (Fsp3) is 0.0769. The van der Waals surface area contributed by atoms with Gasteiger partial charge in [-0.2, -0.15) is 5.10 Å². The minimum absolute atomic E-state index is 0.612. The van der Waals surface area contributed by atoms with Gasteiger partial charge in [-0.25, -0.2) is 4.68 Å². The van der Waals surface area contributed by atoms with Crippen LogP contribution in [0.3, 0.4) is 0 Å². The predicted molar refractivity (Wildman–Crippen MR) is 117 cm³/mol. The summed E-state index contributed by atoms with van der Waals surface area (Å²) in [4.78, 5) is 4.61. The smallest absolute Gasteiger partial charge is 0.138 e. The van der Waals surface area contributed by atoms with Crippen molar-refractivity contribution < 1.29 is 0 Å². The Morgan fingerprint density at radius 3 is 1.59 bits per heavy atom. The summed E-state index contributed by atoms with van der Waals surface area (Å²) in [6.45, 7) is 2.03. The zero-order valence-corrected chi connectivity index (χ0v) is 16.2. The normalized spacial score (nSPS) is 11.6. The molecule has 0 unspecified atom stereocenters. The van der Waals surface area contributed by atoms with Gasteiger partial charge in [-0.1, -0.05) is 91.0 Å². The first-order chi connectivity index (χ1) is 14.3. The van der Waals surface area contributed by atoms with Crippen molar-refractivity contribution in [1.29, 1.82) is 0 Å². The largest absolute Gasteiger partial charge is 0.253 e. The molecule has 0 aliphatic rings. The summed E-state index contributed by atoms with van der Waals surface area (Å²) in [6.07, 6.45) is 1.83. The number of aromatic nitrogens is 3. The predicted octanol–water partition coefficient (Wildman–Crippen LogP) is 5.58. The lowest BCUT2D eigenvalue weighted by Gasteiger charge is -2.36. The van der Waals surface area contributed by atoms with Crippen LogP contribution in [0, 0.1) is 6.92 Å². The maximum atomic E-state index is 5.05. The van der Waals surface area contributed by atoms with E-state index in [1.54, 1.807) is 0 Å². The van der Waals surface area contributed by atoms with Crippen molar-refractivity contribution in [1.82, 2.24) is 14.8 Å². The van der Waals surface area contributed by atoms with E-state index < -0.39 is 5.54 Å². The molecule has 0 aliphatic carbocycles. The molecule has 0 atom stereocenters. The molecule has 0 amide bonds. The zero-order chi connectivity index (χ0) is 19.7. The Morgan fingerprint density at radius 1 is 0.621 bits per heavy atom. The second kappa shape index (κ2) is 7.02. The van der Waals surface area contributed by atoms with Crippen molar-refractivity contribution in [3.63, 3.8) is 0 Å². The number of nitrogens with zero attached hydrogens (tertiary/aromatic N) is 3. The fourth-order valence-electron chi connectivity index (χ4n) is 4.26. The highest BCUT2D eigenvalue weighted by Gasteiger charge is 2.40. The molecule has 3 nitrogen and oxygen atoms in total. The molecule has 0 saturated carbocycles.